The van der Waals surface area contributed by atoms with Crippen molar-refractivity contribution in [3.8, 4) is 17.2 Å². The maximum Gasteiger partial charge on any atom is 0.202 e. The molecule has 2 N–H and O–H groups in total. The van der Waals surface area contributed by atoms with E-state index in [1.165, 1.54) is 13.2 Å². The third-order valence-electron chi connectivity index (χ3n) is 1.56. The summed E-state index contributed by atoms with van der Waals surface area (Å²) in [6, 6.07) is 1.38. The zero-order chi connectivity index (χ0) is 9.30. The number of phenolic OH excluding ortho intramolecular Hbond substituents is 2. The van der Waals surface area contributed by atoms with Crippen LogP contribution in [0.4, 0.5) is 0 Å². The van der Waals surface area contributed by atoms with E-state index in [1.54, 1.807) is 6.92 Å². The zero-order valence-electron chi connectivity index (χ0n) is 6.76. The Morgan fingerprint density at radius 2 is 2.00 bits per heavy atom. The van der Waals surface area contributed by atoms with Crippen LogP contribution in [0.5, 0.6) is 17.2 Å². The lowest BCUT2D eigenvalue weighted by Gasteiger charge is -2.08. The molecule has 0 aromatic heterocycles. The van der Waals surface area contributed by atoms with E-state index in [2.05, 4.69) is 0 Å². The SMILES string of the molecule is COc1c(O)c(O)cc(C)c1Cl. The van der Waals surface area contributed by atoms with Crippen molar-refractivity contribution < 1.29 is 14.9 Å². The number of phenols is 2. The molecule has 4 heteroatoms. The van der Waals surface area contributed by atoms with Gasteiger partial charge >= 0.3 is 0 Å². The van der Waals surface area contributed by atoms with Crippen molar-refractivity contribution in [2.24, 2.45) is 0 Å². The first kappa shape index (κ1) is 9.00. The normalized spacial score (nSPS) is 9.92. The second-order valence-electron chi connectivity index (χ2n) is 2.41. The predicted octanol–water partition coefficient (Wildman–Crippen LogP) is 2.07. The van der Waals surface area contributed by atoms with Crippen LogP contribution >= 0.6 is 11.6 Å². The summed E-state index contributed by atoms with van der Waals surface area (Å²) in [6.07, 6.45) is 0. The van der Waals surface area contributed by atoms with Gasteiger partial charge in [0.05, 0.1) is 12.1 Å². The zero-order valence-corrected chi connectivity index (χ0v) is 7.51. The molecule has 0 radical (unpaired) electrons. The molecular weight excluding hydrogens is 180 g/mol. The average Bonchev–Trinajstić information content (AvgIpc) is 2.02. The Balaban J connectivity index is 3.42. The average molecular weight is 189 g/mol. The summed E-state index contributed by atoms with van der Waals surface area (Å²) in [6.45, 7) is 1.71. The van der Waals surface area contributed by atoms with Gasteiger partial charge in [-0.1, -0.05) is 11.6 Å². The molecule has 1 aromatic carbocycles. The maximum atomic E-state index is 9.24. The van der Waals surface area contributed by atoms with E-state index in [0.29, 0.717) is 10.6 Å². The maximum absolute atomic E-state index is 9.24. The number of methoxy groups -OCH3 is 1. The minimum Gasteiger partial charge on any atom is -0.504 e. The molecular formula is C8H9ClO3. The van der Waals surface area contributed by atoms with Crippen LogP contribution in [-0.2, 0) is 0 Å². The van der Waals surface area contributed by atoms with Crippen LogP contribution in [0, 0.1) is 6.92 Å². The lowest BCUT2D eigenvalue weighted by molar-refractivity contribution is 0.351. The number of aromatic hydroxyl groups is 2. The van der Waals surface area contributed by atoms with Gasteiger partial charge < -0.3 is 14.9 Å². The second-order valence-corrected chi connectivity index (χ2v) is 2.79. The molecule has 0 saturated heterocycles. The molecule has 0 aliphatic heterocycles. The van der Waals surface area contributed by atoms with Crippen molar-refractivity contribution in [2.75, 3.05) is 7.11 Å². The summed E-state index contributed by atoms with van der Waals surface area (Å²) < 4.78 is 4.80. The van der Waals surface area contributed by atoms with Crippen molar-refractivity contribution in [1.82, 2.24) is 0 Å². The first-order valence-electron chi connectivity index (χ1n) is 3.33. The summed E-state index contributed by atoms with van der Waals surface area (Å²) in [5.74, 6) is -0.448. The Morgan fingerprint density at radius 3 is 2.50 bits per heavy atom. The Morgan fingerprint density at radius 1 is 1.42 bits per heavy atom. The van der Waals surface area contributed by atoms with E-state index in [4.69, 9.17) is 21.4 Å². The first-order valence-corrected chi connectivity index (χ1v) is 3.70. The van der Waals surface area contributed by atoms with Crippen LogP contribution in [0.1, 0.15) is 5.56 Å². The summed E-state index contributed by atoms with van der Waals surface area (Å²) >= 11 is 5.77. The molecule has 12 heavy (non-hydrogen) atoms. The fourth-order valence-electron chi connectivity index (χ4n) is 0.922. The Labute approximate surface area is 75.2 Å². The number of halogens is 1. The molecule has 3 nitrogen and oxygen atoms in total. The molecule has 0 atom stereocenters. The highest BCUT2D eigenvalue weighted by Crippen LogP contribution is 2.42. The minimum atomic E-state index is -0.326. The van der Waals surface area contributed by atoms with Crippen LogP contribution in [0.2, 0.25) is 5.02 Å². The molecule has 0 aliphatic carbocycles. The van der Waals surface area contributed by atoms with Crippen molar-refractivity contribution in [3.05, 3.63) is 16.7 Å². The summed E-state index contributed by atoms with van der Waals surface area (Å²) in [5, 5.41) is 18.7. The number of rotatable bonds is 1. The first-order chi connectivity index (χ1) is 5.57. The van der Waals surface area contributed by atoms with Gasteiger partial charge in [-0.05, 0) is 18.6 Å². The monoisotopic (exact) mass is 188 g/mol. The van der Waals surface area contributed by atoms with Crippen LogP contribution < -0.4 is 4.74 Å². The lowest BCUT2D eigenvalue weighted by atomic mass is 10.2. The molecule has 0 saturated carbocycles. The van der Waals surface area contributed by atoms with Crippen molar-refractivity contribution in [1.29, 1.82) is 0 Å². The quantitative estimate of drug-likeness (QED) is 0.664. The molecule has 0 unspecified atom stereocenters. The van der Waals surface area contributed by atoms with E-state index in [-0.39, 0.29) is 17.2 Å². The summed E-state index contributed by atoms with van der Waals surface area (Å²) in [4.78, 5) is 0. The van der Waals surface area contributed by atoms with Gasteiger partial charge in [-0.2, -0.15) is 0 Å². The van der Waals surface area contributed by atoms with Gasteiger partial charge in [0, 0.05) is 0 Å². The highest BCUT2D eigenvalue weighted by atomic mass is 35.5. The standard InChI is InChI=1S/C8H9ClO3/c1-4-3-5(10)7(11)8(12-2)6(4)9/h3,10-11H,1-2H3. The molecule has 1 rings (SSSR count). The van der Waals surface area contributed by atoms with Gasteiger partial charge in [0.1, 0.15) is 0 Å². The third-order valence-corrected chi connectivity index (χ3v) is 2.03. The highest BCUT2D eigenvalue weighted by Gasteiger charge is 2.13. The van der Waals surface area contributed by atoms with E-state index in [1.807, 2.05) is 0 Å². The van der Waals surface area contributed by atoms with E-state index in [0.717, 1.165) is 0 Å². The predicted molar refractivity (Wildman–Crippen MR) is 46.1 cm³/mol. The van der Waals surface area contributed by atoms with E-state index < -0.39 is 0 Å². The number of ether oxygens (including phenoxy) is 1. The van der Waals surface area contributed by atoms with Crippen LogP contribution in [-0.4, -0.2) is 17.3 Å². The van der Waals surface area contributed by atoms with Gasteiger partial charge in [0.15, 0.2) is 11.5 Å². The Bertz CT molecular complexity index is 283. The number of benzene rings is 1. The number of hydrogen-bond acceptors (Lipinski definition) is 3. The lowest BCUT2D eigenvalue weighted by Crippen LogP contribution is -1.87. The fraction of sp³-hybridized carbons (Fsp3) is 0.250. The molecule has 0 aliphatic rings. The van der Waals surface area contributed by atoms with E-state index >= 15 is 0 Å². The Kier molecular flexibility index (Phi) is 2.33. The largest absolute Gasteiger partial charge is 0.504 e. The third kappa shape index (κ3) is 1.28. The van der Waals surface area contributed by atoms with Gasteiger partial charge in [-0.15, -0.1) is 0 Å². The van der Waals surface area contributed by atoms with Gasteiger partial charge in [0.2, 0.25) is 5.75 Å². The molecule has 0 spiro atoms. The van der Waals surface area contributed by atoms with Gasteiger partial charge in [0.25, 0.3) is 0 Å². The summed E-state index contributed by atoms with van der Waals surface area (Å²) in [7, 11) is 1.37. The second kappa shape index (κ2) is 3.11. The highest BCUT2D eigenvalue weighted by molar-refractivity contribution is 6.33. The van der Waals surface area contributed by atoms with Gasteiger partial charge in [-0.25, -0.2) is 0 Å². The fourth-order valence-corrected chi connectivity index (χ4v) is 1.14. The summed E-state index contributed by atoms with van der Waals surface area (Å²) in [5.41, 5.74) is 0.656. The van der Waals surface area contributed by atoms with Crippen molar-refractivity contribution >= 4 is 11.6 Å². The van der Waals surface area contributed by atoms with Crippen LogP contribution in [0.15, 0.2) is 6.07 Å². The van der Waals surface area contributed by atoms with Crippen LogP contribution in [0.3, 0.4) is 0 Å². The smallest absolute Gasteiger partial charge is 0.202 e. The number of aryl methyl sites for hydroxylation is 1. The van der Waals surface area contributed by atoms with E-state index in [9.17, 15) is 5.11 Å². The van der Waals surface area contributed by atoms with Crippen LogP contribution in [0.25, 0.3) is 0 Å². The van der Waals surface area contributed by atoms with Crippen molar-refractivity contribution in [3.63, 3.8) is 0 Å². The molecule has 0 amide bonds. The topological polar surface area (TPSA) is 49.7 Å². The molecule has 66 valence electrons. The molecule has 1 aromatic rings. The molecule has 0 fully saturated rings. The van der Waals surface area contributed by atoms with Crippen molar-refractivity contribution in [2.45, 2.75) is 6.92 Å². The minimum absolute atomic E-state index is 0.106. The Hall–Kier alpha value is -1.09. The molecule has 0 bridgehead atoms. The number of hydrogen-bond donors (Lipinski definition) is 2. The molecule has 0 heterocycles. The van der Waals surface area contributed by atoms with Gasteiger partial charge in [-0.3, -0.25) is 0 Å².